The number of hydrogen-bond donors (Lipinski definition) is 0. The second kappa shape index (κ2) is 6.87. The predicted octanol–water partition coefficient (Wildman–Crippen LogP) is 3.23. The summed E-state index contributed by atoms with van der Waals surface area (Å²) >= 11 is 1.41. The molecule has 2 heterocycles. The largest absolute Gasteiger partial charge is 0.298 e. The molecule has 0 aromatic carbocycles. The van der Waals surface area contributed by atoms with Crippen LogP contribution in [0.25, 0.3) is 11.4 Å². The fourth-order valence-corrected chi connectivity index (χ4v) is 2.85. The third-order valence-electron chi connectivity index (χ3n) is 3.12. The third-order valence-corrected chi connectivity index (χ3v) is 4.08. The number of nitrogens with zero attached hydrogens (tertiary/aromatic N) is 4. The van der Waals surface area contributed by atoms with Crippen LogP contribution in [-0.4, -0.2) is 31.3 Å². The first-order chi connectivity index (χ1) is 10.4. The van der Waals surface area contributed by atoms with Crippen molar-refractivity contribution in [2.75, 3.05) is 5.75 Å². The predicted molar refractivity (Wildman–Crippen MR) is 88.6 cm³/mol. The van der Waals surface area contributed by atoms with E-state index in [1.165, 1.54) is 11.8 Å². The van der Waals surface area contributed by atoms with Crippen LogP contribution >= 0.6 is 11.8 Å². The summed E-state index contributed by atoms with van der Waals surface area (Å²) in [6.07, 6.45) is 5.26. The fourth-order valence-electron chi connectivity index (χ4n) is 1.74. The molecule has 0 spiro atoms. The summed E-state index contributed by atoms with van der Waals surface area (Å²) in [6.45, 7) is 10.1. The van der Waals surface area contributed by atoms with Gasteiger partial charge in [-0.1, -0.05) is 38.6 Å². The van der Waals surface area contributed by atoms with Crippen LogP contribution in [0.1, 0.15) is 20.8 Å². The number of aromatic nitrogens is 4. The number of thioether (sulfide) groups is 1. The van der Waals surface area contributed by atoms with Crippen LogP contribution in [0.5, 0.6) is 0 Å². The molecule has 22 heavy (non-hydrogen) atoms. The Hall–Kier alpha value is -1.95. The minimum Gasteiger partial charge on any atom is -0.298 e. The van der Waals surface area contributed by atoms with Crippen molar-refractivity contribution in [3.63, 3.8) is 0 Å². The van der Waals surface area contributed by atoms with Gasteiger partial charge in [0.05, 0.1) is 5.75 Å². The van der Waals surface area contributed by atoms with E-state index in [1.807, 2.05) is 37.5 Å². The van der Waals surface area contributed by atoms with E-state index < -0.39 is 0 Å². The van der Waals surface area contributed by atoms with E-state index >= 15 is 0 Å². The van der Waals surface area contributed by atoms with Gasteiger partial charge in [-0.3, -0.25) is 14.3 Å². The molecule has 116 valence electrons. The lowest BCUT2D eigenvalue weighted by molar-refractivity contribution is -0.123. The first-order valence-electron chi connectivity index (χ1n) is 7.04. The summed E-state index contributed by atoms with van der Waals surface area (Å²) in [6, 6.07) is 3.80. The number of pyridine rings is 1. The Morgan fingerprint density at radius 3 is 2.77 bits per heavy atom. The molecule has 2 aromatic rings. The van der Waals surface area contributed by atoms with Gasteiger partial charge in [0.25, 0.3) is 0 Å². The zero-order valence-electron chi connectivity index (χ0n) is 13.1. The van der Waals surface area contributed by atoms with Gasteiger partial charge in [0.2, 0.25) is 0 Å². The Balaban J connectivity index is 2.24. The standard InChI is InChI=1S/C16H20N4OS/c1-5-9-20-14(12-7-6-8-17-10-12)18-19-15(20)22-11-13(21)16(2,3)4/h5-8,10H,1,9,11H2,2-4H3. The monoisotopic (exact) mass is 316 g/mol. The Labute approximate surface area is 134 Å². The normalized spacial score (nSPS) is 11.4. The smallest absolute Gasteiger partial charge is 0.192 e. The Bertz CT molecular complexity index is 659. The minimum absolute atomic E-state index is 0.189. The molecule has 0 saturated carbocycles. The van der Waals surface area contributed by atoms with Gasteiger partial charge >= 0.3 is 0 Å². The number of carbonyl (C=O) groups is 1. The average Bonchev–Trinajstić information content (AvgIpc) is 2.88. The van der Waals surface area contributed by atoms with Gasteiger partial charge in [-0.25, -0.2) is 0 Å². The molecule has 0 N–H and O–H groups in total. The maximum atomic E-state index is 12.1. The summed E-state index contributed by atoms with van der Waals surface area (Å²) in [7, 11) is 0. The SMILES string of the molecule is C=CCn1c(SCC(=O)C(C)(C)C)nnc1-c1cccnc1. The number of hydrogen-bond acceptors (Lipinski definition) is 5. The van der Waals surface area contributed by atoms with Crippen LogP contribution in [0, 0.1) is 5.41 Å². The molecule has 0 radical (unpaired) electrons. The zero-order valence-corrected chi connectivity index (χ0v) is 13.9. The van der Waals surface area contributed by atoms with Crippen LogP contribution in [-0.2, 0) is 11.3 Å². The van der Waals surface area contributed by atoms with E-state index in [4.69, 9.17) is 0 Å². The van der Waals surface area contributed by atoms with E-state index in [1.54, 1.807) is 18.5 Å². The van der Waals surface area contributed by atoms with Gasteiger partial charge in [-0.2, -0.15) is 0 Å². The summed E-state index contributed by atoms with van der Waals surface area (Å²) < 4.78 is 1.95. The van der Waals surface area contributed by atoms with Crippen molar-refractivity contribution in [3.8, 4) is 11.4 Å². The first-order valence-corrected chi connectivity index (χ1v) is 8.02. The van der Waals surface area contributed by atoms with Gasteiger partial charge in [0, 0.05) is 29.9 Å². The topological polar surface area (TPSA) is 60.7 Å². The van der Waals surface area contributed by atoms with Gasteiger partial charge in [-0.15, -0.1) is 16.8 Å². The second-order valence-corrected chi connectivity index (χ2v) is 6.85. The highest BCUT2D eigenvalue weighted by Crippen LogP contribution is 2.26. The second-order valence-electron chi connectivity index (χ2n) is 5.91. The van der Waals surface area contributed by atoms with Crippen molar-refractivity contribution in [1.29, 1.82) is 0 Å². The average molecular weight is 316 g/mol. The Morgan fingerprint density at radius 2 is 2.18 bits per heavy atom. The van der Waals surface area contributed by atoms with Gasteiger partial charge in [0.1, 0.15) is 5.78 Å². The summed E-state index contributed by atoms with van der Waals surface area (Å²) in [5.74, 6) is 1.30. The summed E-state index contributed by atoms with van der Waals surface area (Å²) in [5.41, 5.74) is 0.550. The molecule has 6 heteroatoms. The third kappa shape index (κ3) is 3.82. The molecule has 0 aliphatic heterocycles. The Kier molecular flexibility index (Phi) is 5.13. The van der Waals surface area contributed by atoms with Crippen molar-refractivity contribution in [3.05, 3.63) is 37.2 Å². The molecule has 0 atom stereocenters. The molecular weight excluding hydrogens is 296 g/mol. The highest BCUT2D eigenvalue weighted by atomic mass is 32.2. The number of carbonyl (C=O) groups excluding carboxylic acids is 1. The maximum absolute atomic E-state index is 12.1. The minimum atomic E-state index is -0.345. The van der Waals surface area contributed by atoms with Crippen molar-refractivity contribution in [2.24, 2.45) is 5.41 Å². The van der Waals surface area contributed by atoms with Crippen molar-refractivity contribution in [2.45, 2.75) is 32.5 Å². The van der Waals surface area contributed by atoms with Crippen LogP contribution in [0.15, 0.2) is 42.3 Å². The summed E-state index contributed by atoms with van der Waals surface area (Å²) in [4.78, 5) is 16.2. The van der Waals surface area contributed by atoms with E-state index in [-0.39, 0.29) is 11.2 Å². The lowest BCUT2D eigenvalue weighted by Gasteiger charge is -2.15. The van der Waals surface area contributed by atoms with Crippen LogP contribution in [0.3, 0.4) is 0 Å². The zero-order chi connectivity index (χ0) is 16.2. The number of ketones is 1. The highest BCUT2D eigenvalue weighted by Gasteiger charge is 2.22. The first kappa shape index (κ1) is 16.4. The van der Waals surface area contributed by atoms with Crippen LogP contribution < -0.4 is 0 Å². The quantitative estimate of drug-likeness (QED) is 0.605. The molecule has 0 bridgehead atoms. The lowest BCUT2D eigenvalue weighted by Crippen LogP contribution is -2.22. The molecule has 0 fully saturated rings. The number of Topliss-reactive ketones (excluding diaryl/α,β-unsaturated/α-hetero) is 1. The number of rotatable bonds is 6. The molecule has 2 aromatic heterocycles. The molecule has 0 unspecified atom stereocenters. The molecule has 0 aliphatic carbocycles. The van der Waals surface area contributed by atoms with Crippen molar-refractivity contribution in [1.82, 2.24) is 19.7 Å². The van der Waals surface area contributed by atoms with Gasteiger partial charge in [0.15, 0.2) is 11.0 Å². The van der Waals surface area contributed by atoms with E-state index in [0.717, 1.165) is 16.5 Å². The molecule has 0 aliphatic rings. The van der Waals surface area contributed by atoms with Gasteiger partial charge in [-0.05, 0) is 12.1 Å². The Morgan fingerprint density at radius 1 is 1.41 bits per heavy atom. The van der Waals surface area contributed by atoms with Crippen molar-refractivity contribution >= 4 is 17.5 Å². The molecule has 0 amide bonds. The fraction of sp³-hybridized carbons (Fsp3) is 0.375. The lowest BCUT2D eigenvalue weighted by atomic mass is 9.92. The number of allylic oxidation sites excluding steroid dienone is 1. The highest BCUT2D eigenvalue weighted by molar-refractivity contribution is 7.99. The molecule has 2 rings (SSSR count). The van der Waals surface area contributed by atoms with E-state index in [9.17, 15) is 4.79 Å². The maximum Gasteiger partial charge on any atom is 0.192 e. The van der Waals surface area contributed by atoms with E-state index in [2.05, 4.69) is 21.8 Å². The van der Waals surface area contributed by atoms with Crippen molar-refractivity contribution < 1.29 is 4.79 Å². The van der Waals surface area contributed by atoms with E-state index in [0.29, 0.717) is 12.3 Å². The molecular formula is C16H20N4OS. The molecule has 0 saturated heterocycles. The van der Waals surface area contributed by atoms with Crippen LogP contribution in [0.4, 0.5) is 0 Å². The van der Waals surface area contributed by atoms with Gasteiger partial charge < -0.3 is 0 Å². The van der Waals surface area contributed by atoms with Crippen LogP contribution in [0.2, 0.25) is 0 Å². The molecule has 5 nitrogen and oxygen atoms in total. The summed E-state index contributed by atoms with van der Waals surface area (Å²) in [5, 5.41) is 9.17.